The Labute approximate surface area is 161 Å². The van der Waals surface area contributed by atoms with Gasteiger partial charge in [0.1, 0.15) is 6.10 Å². The number of hydrogen-bond acceptors (Lipinski definition) is 4. The van der Waals surface area contributed by atoms with E-state index in [2.05, 4.69) is 6.92 Å². The molecule has 0 N–H and O–H groups in total. The van der Waals surface area contributed by atoms with Crippen molar-refractivity contribution in [3.05, 3.63) is 0 Å². The van der Waals surface area contributed by atoms with Crippen LogP contribution in [0.15, 0.2) is 0 Å². The lowest BCUT2D eigenvalue weighted by atomic mass is 9.93. The van der Waals surface area contributed by atoms with E-state index in [0.29, 0.717) is 6.61 Å². The quantitative estimate of drug-likeness (QED) is 0.200. The summed E-state index contributed by atoms with van der Waals surface area (Å²) in [5.74, 6) is -0.742. The average molecular weight is 371 g/mol. The molecule has 0 rings (SSSR count). The van der Waals surface area contributed by atoms with Gasteiger partial charge >= 0.3 is 11.9 Å². The molecule has 26 heavy (non-hydrogen) atoms. The molecule has 0 fully saturated rings. The fraction of sp³-hybridized carbons (Fsp3) is 0.909. The van der Waals surface area contributed by atoms with Crippen molar-refractivity contribution in [3.63, 3.8) is 0 Å². The number of ether oxygens (including phenoxy) is 2. The van der Waals surface area contributed by atoms with E-state index < -0.39 is 17.4 Å². The Balaban J connectivity index is 3.97. The van der Waals surface area contributed by atoms with Crippen molar-refractivity contribution in [1.29, 1.82) is 0 Å². The lowest BCUT2D eigenvalue weighted by molar-refractivity contribution is -0.174. The Hall–Kier alpha value is -1.06. The van der Waals surface area contributed by atoms with Gasteiger partial charge in [0.05, 0.1) is 6.61 Å². The maximum Gasteiger partial charge on any atom is 0.323 e. The first-order chi connectivity index (χ1) is 12.3. The molecule has 4 nitrogen and oxygen atoms in total. The number of carbonyl (C=O) groups is 2. The first-order valence-corrected chi connectivity index (χ1v) is 10.7. The second-order valence-electron chi connectivity index (χ2n) is 8.19. The molecule has 0 aromatic carbocycles. The van der Waals surface area contributed by atoms with Gasteiger partial charge in [-0.1, -0.05) is 79.1 Å². The van der Waals surface area contributed by atoms with Crippen molar-refractivity contribution in [2.24, 2.45) is 11.3 Å². The highest BCUT2D eigenvalue weighted by molar-refractivity contribution is 5.99. The van der Waals surface area contributed by atoms with Gasteiger partial charge in [-0.3, -0.25) is 9.59 Å². The minimum Gasteiger partial charge on any atom is -0.465 e. The summed E-state index contributed by atoms with van der Waals surface area (Å²) in [4.78, 5) is 24.6. The van der Waals surface area contributed by atoms with Crippen molar-refractivity contribution in [1.82, 2.24) is 0 Å². The summed E-state index contributed by atoms with van der Waals surface area (Å²) in [5.41, 5.74) is -1.25. The van der Waals surface area contributed by atoms with Crippen molar-refractivity contribution in [2.75, 3.05) is 6.61 Å². The highest BCUT2D eigenvalue weighted by atomic mass is 16.6. The molecule has 1 atom stereocenters. The molecule has 0 aliphatic rings. The Kier molecular flexibility index (Phi) is 13.5. The van der Waals surface area contributed by atoms with E-state index in [-0.39, 0.29) is 12.0 Å². The van der Waals surface area contributed by atoms with E-state index in [1.165, 1.54) is 44.9 Å². The third-order valence-corrected chi connectivity index (χ3v) is 4.91. The summed E-state index contributed by atoms with van der Waals surface area (Å²) in [6, 6.07) is 0. The van der Waals surface area contributed by atoms with Crippen LogP contribution >= 0.6 is 0 Å². The SMILES string of the molecule is CCCCCCCCCCCOC(=O)C(C)(C)C(=O)OC(CC)C(C)C. The Morgan fingerprint density at radius 2 is 1.31 bits per heavy atom. The lowest BCUT2D eigenvalue weighted by Crippen LogP contribution is -2.39. The lowest BCUT2D eigenvalue weighted by Gasteiger charge is -2.26. The van der Waals surface area contributed by atoms with Crippen molar-refractivity contribution >= 4 is 11.9 Å². The summed E-state index contributed by atoms with van der Waals surface area (Å²) in [5, 5.41) is 0. The van der Waals surface area contributed by atoms with E-state index in [9.17, 15) is 9.59 Å². The molecule has 0 aromatic heterocycles. The number of rotatable bonds is 15. The van der Waals surface area contributed by atoms with Gasteiger partial charge < -0.3 is 9.47 Å². The fourth-order valence-corrected chi connectivity index (χ4v) is 2.82. The van der Waals surface area contributed by atoms with Crippen LogP contribution in [0.3, 0.4) is 0 Å². The molecule has 0 spiro atoms. The van der Waals surface area contributed by atoms with Gasteiger partial charge in [0.15, 0.2) is 5.41 Å². The summed E-state index contributed by atoms with van der Waals surface area (Å²) < 4.78 is 10.8. The van der Waals surface area contributed by atoms with E-state index >= 15 is 0 Å². The molecular weight excluding hydrogens is 328 g/mol. The Bertz CT molecular complexity index is 388. The topological polar surface area (TPSA) is 52.6 Å². The molecule has 0 saturated carbocycles. The first kappa shape index (κ1) is 24.9. The number of carbonyl (C=O) groups excluding carboxylic acids is 2. The van der Waals surface area contributed by atoms with Crippen LogP contribution in [0.25, 0.3) is 0 Å². The second kappa shape index (κ2) is 14.1. The van der Waals surface area contributed by atoms with Gasteiger partial charge in [0.25, 0.3) is 0 Å². The van der Waals surface area contributed by atoms with Gasteiger partial charge in [0, 0.05) is 0 Å². The molecule has 154 valence electrons. The third-order valence-electron chi connectivity index (χ3n) is 4.91. The molecule has 0 aliphatic carbocycles. The van der Waals surface area contributed by atoms with E-state index in [1.807, 2.05) is 20.8 Å². The number of unbranched alkanes of at least 4 members (excludes halogenated alkanes) is 8. The van der Waals surface area contributed by atoms with Crippen molar-refractivity contribution in [3.8, 4) is 0 Å². The maximum absolute atomic E-state index is 12.3. The van der Waals surface area contributed by atoms with Crippen LogP contribution in [0.4, 0.5) is 0 Å². The zero-order valence-electron chi connectivity index (χ0n) is 18.1. The van der Waals surface area contributed by atoms with Crippen LogP contribution in [0.2, 0.25) is 0 Å². The molecule has 1 unspecified atom stereocenters. The van der Waals surface area contributed by atoms with Crippen LogP contribution in [0.5, 0.6) is 0 Å². The number of esters is 2. The molecule has 0 amide bonds. The van der Waals surface area contributed by atoms with E-state index in [0.717, 1.165) is 19.3 Å². The highest BCUT2D eigenvalue weighted by Gasteiger charge is 2.40. The summed E-state index contributed by atoms with van der Waals surface area (Å²) in [6.45, 7) is 11.8. The minimum atomic E-state index is -1.25. The largest absolute Gasteiger partial charge is 0.465 e. The average Bonchev–Trinajstić information content (AvgIpc) is 2.60. The predicted molar refractivity (Wildman–Crippen MR) is 107 cm³/mol. The molecule has 0 aromatic rings. The van der Waals surface area contributed by atoms with Crippen molar-refractivity contribution < 1.29 is 19.1 Å². The minimum absolute atomic E-state index is 0.160. The second-order valence-corrected chi connectivity index (χ2v) is 8.19. The first-order valence-electron chi connectivity index (χ1n) is 10.7. The van der Waals surface area contributed by atoms with Gasteiger partial charge in [0.2, 0.25) is 0 Å². The van der Waals surface area contributed by atoms with Crippen molar-refractivity contribution in [2.45, 2.75) is 112 Å². The molecule has 0 bridgehead atoms. The van der Waals surface area contributed by atoms with Gasteiger partial charge in [-0.05, 0) is 32.6 Å². The molecule has 0 saturated heterocycles. The Morgan fingerprint density at radius 3 is 1.77 bits per heavy atom. The molecule has 4 heteroatoms. The maximum atomic E-state index is 12.3. The normalized spacial score (nSPS) is 12.9. The van der Waals surface area contributed by atoms with Crippen LogP contribution in [-0.2, 0) is 19.1 Å². The zero-order chi connectivity index (χ0) is 20.0. The summed E-state index contributed by atoms with van der Waals surface area (Å²) in [6.07, 6.45) is 11.5. The van der Waals surface area contributed by atoms with E-state index in [4.69, 9.17) is 9.47 Å². The highest BCUT2D eigenvalue weighted by Crippen LogP contribution is 2.23. The molecule has 0 radical (unpaired) electrons. The van der Waals surface area contributed by atoms with Gasteiger partial charge in [-0.2, -0.15) is 0 Å². The van der Waals surface area contributed by atoms with Crippen LogP contribution in [-0.4, -0.2) is 24.6 Å². The zero-order valence-corrected chi connectivity index (χ0v) is 18.1. The van der Waals surface area contributed by atoms with Crippen LogP contribution in [0.1, 0.15) is 106 Å². The monoisotopic (exact) mass is 370 g/mol. The van der Waals surface area contributed by atoms with E-state index in [1.54, 1.807) is 13.8 Å². The fourth-order valence-electron chi connectivity index (χ4n) is 2.82. The smallest absolute Gasteiger partial charge is 0.323 e. The van der Waals surface area contributed by atoms with Crippen LogP contribution < -0.4 is 0 Å². The molecular formula is C22H42O4. The third kappa shape index (κ3) is 10.2. The van der Waals surface area contributed by atoms with Crippen LogP contribution in [0, 0.1) is 11.3 Å². The number of hydrogen-bond donors (Lipinski definition) is 0. The molecule has 0 aliphatic heterocycles. The molecule has 0 heterocycles. The standard InChI is InChI=1S/C22H42O4/c1-7-9-10-11-12-13-14-15-16-17-25-20(23)22(5,6)21(24)26-19(8-2)18(3)4/h18-19H,7-17H2,1-6H3. The predicted octanol–water partition coefficient (Wildman–Crippen LogP) is 6.06. The summed E-state index contributed by atoms with van der Waals surface area (Å²) in [7, 11) is 0. The summed E-state index contributed by atoms with van der Waals surface area (Å²) >= 11 is 0. The van der Waals surface area contributed by atoms with Gasteiger partial charge in [-0.25, -0.2) is 0 Å². The Morgan fingerprint density at radius 1 is 0.808 bits per heavy atom. The van der Waals surface area contributed by atoms with Gasteiger partial charge in [-0.15, -0.1) is 0 Å².